The fourth-order valence-corrected chi connectivity index (χ4v) is 2.25. The average molecular weight is 220 g/mol. The Kier molecular flexibility index (Phi) is 3.08. The molecule has 4 nitrogen and oxygen atoms in total. The molecule has 2 N–H and O–H groups in total. The molecule has 2 atom stereocenters. The standard InChI is InChI=1S/C12H16N2O2/c1-8-2-3-9(6-8)14-11-7-13-5-4-10(11)12(15)16/h4-5,7-9,14H,2-3,6H2,1H3,(H,15,16). The highest BCUT2D eigenvalue weighted by Gasteiger charge is 2.22. The summed E-state index contributed by atoms with van der Waals surface area (Å²) in [5.41, 5.74) is 0.934. The highest BCUT2D eigenvalue weighted by Crippen LogP contribution is 2.28. The number of hydrogen-bond acceptors (Lipinski definition) is 3. The lowest BCUT2D eigenvalue weighted by Crippen LogP contribution is -2.17. The van der Waals surface area contributed by atoms with Crippen LogP contribution in [0.2, 0.25) is 0 Å². The Labute approximate surface area is 94.7 Å². The number of nitrogens with zero attached hydrogens (tertiary/aromatic N) is 1. The van der Waals surface area contributed by atoms with Gasteiger partial charge in [-0.05, 0) is 31.2 Å². The Morgan fingerprint density at radius 2 is 2.38 bits per heavy atom. The largest absolute Gasteiger partial charge is 0.478 e. The number of nitrogens with one attached hydrogen (secondary N) is 1. The molecule has 2 rings (SSSR count). The lowest BCUT2D eigenvalue weighted by molar-refractivity contribution is 0.0698. The molecule has 0 aromatic carbocycles. The fourth-order valence-electron chi connectivity index (χ4n) is 2.25. The molecule has 0 saturated heterocycles. The van der Waals surface area contributed by atoms with Gasteiger partial charge in [0.25, 0.3) is 0 Å². The van der Waals surface area contributed by atoms with E-state index in [1.807, 2.05) is 0 Å². The molecule has 1 saturated carbocycles. The number of pyridine rings is 1. The Morgan fingerprint density at radius 1 is 1.56 bits per heavy atom. The van der Waals surface area contributed by atoms with Crippen LogP contribution in [0.1, 0.15) is 36.5 Å². The van der Waals surface area contributed by atoms with Crippen molar-refractivity contribution in [3.8, 4) is 0 Å². The highest BCUT2D eigenvalue weighted by atomic mass is 16.4. The highest BCUT2D eigenvalue weighted by molar-refractivity contribution is 5.93. The van der Waals surface area contributed by atoms with Gasteiger partial charge in [0.05, 0.1) is 17.4 Å². The maximum Gasteiger partial charge on any atom is 0.337 e. The topological polar surface area (TPSA) is 62.2 Å². The van der Waals surface area contributed by atoms with Crippen molar-refractivity contribution < 1.29 is 9.90 Å². The molecule has 1 heterocycles. The van der Waals surface area contributed by atoms with Crippen molar-refractivity contribution in [2.24, 2.45) is 5.92 Å². The predicted octanol–water partition coefficient (Wildman–Crippen LogP) is 2.38. The van der Waals surface area contributed by atoms with Crippen LogP contribution in [0.3, 0.4) is 0 Å². The average Bonchev–Trinajstić information content (AvgIpc) is 2.64. The second-order valence-electron chi connectivity index (χ2n) is 4.49. The third kappa shape index (κ3) is 2.32. The van der Waals surface area contributed by atoms with Crippen LogP contribution in [0.15, 0.2) is 18.5 Å². The monoisotopic (exact) mass is 220 g/mol. The molecule has 1 fully saturated rings. The minimum Gasteiger partial charge on any atom is -0.478 e. The van der Waals surface area contributed by atoms with Crippen LogP contribution in [0.4, 0.5) is 5.69 Å². The van der Waals surface area contributed by atoms with Crippen LogP contribution in [-0.2, 0) is 0 Å². The number of carbonyl (C=O) groups is 1. The summed E-state index contributed by atoms with van der Waals surface area (Å²) >= 11 is 0. The molecule has 0 bridgehead atoms. The normalized spacial score (nSPS) is 24.3. The van der Waals surface area contributed by atoms with Gasteiger partial charge in [0.2, 0.25) is 0 Å². The second kappa shape index (κ2) is 4.51. The molecule has 86 valence electrons. The number of carboxylic acid groups (broad SMARTS) is 1. The van der Waals surface area contributed by atoms with Crippen molar-refractivity contribution in [1.29, 1.82) is 0 Å². The van der Waals surface area contributed by atoms with Crippen molar-refractivity contribution >= 4 is 11.7 Å². The van der Waals surface area contributed by atoms with Crippen LogP contribution in [0.25, 0.3) is 0 Å². The van der Waals surface area contributed by atoms with Gasteiger partial charge in [0.1, 0.15) is 0 Å². The van der Waals surface area contributed by atoms with Crippen molar-refractivity contribution in [2.75, 3.05) is 5.32 Å². The zero-order chi connectivity index (χ0) is 11.5. The third-order valence-electron chi connectivity index (χ3n) is 3.11. The van der Waals surface area contributed by atoms with Crippen LogP contribution < -0.4 is 5.32 Å². The third-order valence-corrected chi connectivity index (χ3v) is 3.11. The summed E-state index contributed by atoms with van der Waals surface area (Å²) < 4.78 is 0. The van der Waals surface area contributed by atoms with E-state index in [0.29, 0.717) is 17.3 Å². The lowest BCUT2D eigenvalue weighted by atomic mass is 10.1. The van der Waals surface area contributed by atoms with Crippen LogP contribution >= 0.6 is 0 Å². The first-order valence-corrected chi connectivity index (χ1v) is 5.60. The number of aromatic carboxylic acids is 1. The zero-order valence-electron chi connectivity index (χ0n) is 9.31. The van der Waals surface area contributed by atoms with E-state index >= 15 is 0 Å². The molecule has 1 aromatic heterocycles. The Hall–Kier alpha value is -1.58. The molecule has 0 radical (unpaired) electrons. The van der Waals surface area contributed by atoms with Crippen LogP contribution in [-0.4, -0.2) is 22.1 Å². The summed E-state index contributed by atoms with van der Waals surface area (Å²) in [5, 5.41) is 12.3. The zero-order valence-corrected chi connectivity index (χ0v) is 9.31. The molecule has 0 spiro atoms. The minimum atomic E-state index is -0.907. The fraction of sp³-hybridized carbons (Fsp3) is 0.500. The van der Waals surface area contributed by atoms with E-state index in [1.54, 1.807) is 6.20 Å². The summed E-state index contributed by atoms with van der Waals surface area (Å²) in [4.78, 5) is 15.0. The number of hydrogen-bond donors (Lipinski definition) is 2. The smallest absolute Gasteiger partial charge is 0.337 e. The van der Waals surface area contributed by atoms with Gasteiger partial charge in [-0.25, -0.2) is 4.79 Å². The molecule has 2 unspecified atom stereocenters. The van der Waals surface area contributed by atoms with Gasteiger partial charge < -0.3 is 10.4 Å². The van der Waals surface area contributed by atoms with Crippen molar-refractivity contribution in [3.05, 3.63) is 24.0 Å². The summed E-state index contributed by atoms with van der Waals surface area (Å²) in [6.07, 6.45) is 6.52. The quantitative estimate of drug-likeness (QED) is 0.821. The molecule has 0 amide bonds. The van der Waals surface area contributed by atoms with Gasteiger partial charge in [-0.3, -0.25) is 4.98 Å². The lowest BCUT2D eigenvalue weighted by Gasteiger charge is -2.15. The minimum absolute atomic E-state index is 0.301. The Morgan fingerprint density at radius 3 is 3.00 bits per heavy atom. The number of anilines is 1. The van der Waals surface area contributed by atoms with E-state index in [1.165, 1.54) is 18.7 Å². The van der Waals surface area contributed by atoms with Gasteiger partial charge >= 0.3 is 5.97 Å². The van der Waals surface area contributed by atoms with Gasteiger partial charge in [-0.15, -0.1) is 0 Å². The molecule has 16 heavy (non-hydrogen) atoms. The Bertz CT molecular complexity index is 392. The molecule has 4 heteroatoms. The van der Waals surface area contributed by atoms with E-state index in [-0.39, 0.29) is 0 Å². The van der Waals surface area contributed by atoms with Crippen LogP contribution in [0.5, 0.6) is 0 Å². The molecule has 1 aliphatic rings. The van der Waals surface area contributed by atoms with Gasteiger partial charge in [-0.2, -0.15) is 0 Å². The van der Waals surface area contributed by atoms with E-state index in [4.69, 9.17) is 5.11 Å². The first-order chi connectivity index (χ1) is 7.66. The van der Waals surface area contributed by atoms with Crippen molar-refractivity contribution in [3.63, 3.8) is 0 Å². The van der Waals surface area contributed by atoms with Crippen molar-refractivity contribution in [1.82, 2.24) is 4.98 Å². The number of aromatic nitrogens is 1. The first-order valence-electron chi connectivity index (χ1n) is 5.60. The van der Waals surface area contributed by atoms with Gasteiger partial charge in [0, 0.05) is 12.2 Å². The summed E-state index contributed by atoms with van der Waals surface area (Å²) in [5.74, 6) is -0.182. The van der Waals surface area contributed by atoms with E-state index in [2.05, 4.69) is 17.2 Å². The van der Waals surface area contributed by atoms with Crippen LogP contribution in [0, 0.1) is 5.92 Å². The second-order valence-corrected chi connectivity index (χ2v) is 4.49. The van der Waals surface area contributed by atoms with E-state index < -0.39 is 5.97 Å². The molecule has 1 aromatic rings. The van der Waals surface area contributed by atoms with E-state index in [0.717, 1.165) is 18.8 Å². The summed E-state index contributed by atoms with van der Waals surface area (Å²) in [7, 11) is 0. The Balaban J connectivity index is 2.12. The summed E-state index contributed by atoms with van der Waals surface area (Å²) in [6, 6.07) is 1.92. The van der Waals surface area contributed by atoms with Gasteiger partial charge in [-0.1, -0.05) is 6.92 Å². The van der Waals surface area contributed by atoms with E-state index in [9.17, 15) is 4.79 Å². The SMILES string of the molecule is CC1CCC(Nc2cnccc2C(=O)O)C1. The maximum absolute atomic E-state index is 11.0. The predicted molar refractivity (Wildman–Crippen MR) is 61.6 cm³/mol. The number of rotatable bonds is 3. The first kappa shape index (κ1) is 10.9. The van der Waals surface area contributed by atoms with Gasteiger partial charge in [0.15, 0.2) is 0 Å². The molecule has 0 aliphatic heterocycles. The number of carboxylic acids is 1. The molecule has 1 aliphatic carbocycles. The summed E-state index contributed by atoms with van der Waals surface area (Å²) in [6.45, 7) is 2.23. The maximum atomic E-state index is 11.0. The molecular formula is C12H16N2O2. The molecular weight excluding hydrogens is 204 g/mol. The van der Waals surface area contributed by atoms with Crippen molar-refractivity contribution in [2.45, 2.75) is 32.2 Å².